The van der Waals surface area contributed by atoms with Gasteiger partial charge in [0.2, 0.25) is 0 Å². The van der Waals surface area contributed by atoms with Crippen LogP contribution in [-0.2, 0) is 6.18 Å². The molecule has 112 valence electrons. The highest BCUT2D eigenvalue weighted by molar-refractivity contribution is 9.09. The highest BCUT2D eigenvalue weighted by Crippen LogP contribution is 2.34. The highest BCUT2D eigenvalue weighted by atomic mass is 79.9. The minimum Gasteiger partial charge on any atom is -0.365 e. The topological polar surface area (TPSA) is 3.24 Å². The molecule has 1 fully saturated rings. The van der Waals surface area contributed by atoms with E-state index >= 15 is 0 Å². The summed E-state index contributed by atoms with van der Waals surface area (Å²) in [5.41, 5.74) is -0.673. The molecule has 1 aromatic rings. The fourth-order valence-electron chi connectivity index (χ4n) is 2.57. The van der Waals surface area contributed by atoms with Crippen LogP contribution < -0.4 is 4.90 Å². The van der Waals surface area contributed by atoms with Gasteiger partial charge in [0.25, 0.3) is 0 Å². The maximum absolute atomic E-state index is 14.1. The van der Waals surface area contributed by atoms with E-state index in [0.717, 1.165) is 31.7 Å². The Morgan fingerprint density at radius 2 is 1.95 bits per heavy atom. The number of hydrogen-bond acceptors (Lipinski definition) is 1. The molecule has 0 radical (unpaired) electrons. The number of alkyl halides is 4. The van der Waals surface area contributed by atoms with Crippen molar-refractivity contribution in [3.63, 3.8) is 0 Å². The second-order valence-electron chi connectivity index (χ2n) is 5.01. The van der Waals surface area contributed by atoms with Gasteiger partial charge in [0, 0.05) is 17.9 Å². The Balaban J connectivity index is 2.31. The van der Waals surface area contributed by atoms with Gasteiger partial charge in [-0.25, -0.2) is 4.39 Å². The maximum Gasteiger partial charge on any atom is 0.416 e. The highest BCUT2D eigenvalue weighted by Gasteiger charge is 2.32. The van der Waals surface area contributed by atoms with Crippen molar-refractivity contribution in [3.8, 4) is 0 Å². The van der Waals surface area contributed by atoms with Crippen LogP contribution in [-0.4, -0.2) is 17.9 Å². The van der Waals surface area contributed by atoms with Gasteiger partial charge >= 0.3 is 6.18 Å². The van der Waals surface area contributed by atoms with Gasteiger partial charge in [0.15, 0.2) is 0 Å². The smallest absolute Gasteiger partial charge is 0.365 e. The van der Waals surface area contributed by atoms with E-state index in [1.807, 2.05) is 4.90 Å². The molecule has 0 N–H and O–H groups in total. The summed E-state index contributed by atoms with van der Waals surface area (Å²) in [6, 6.07) is 2.92. The first-order chi connectivity index (χ1) is 9.43. The predicted octanol–water partition coefficient (Wildman–Crippen LogP) is 4.99. The van der Waals surface area contributed by atoms with E-state index in [4.69, 9.17) is 0 Å². The summed E-state index contributed by atoms with van der Waals surface area (Å²) >= 11 is 3.41. The molecule has 0 amide bonds. The monoisotopic (exact) mass is 353 g/mol. The molecule has 1 saturated heterocycles. The quantitative estimate of drug-likeness (QED) is 0.534. The lowest BCUT2D eigenvalue weighted by atomic mass is 10.1. The third kappa shape index (κ3) is 3.45. The number of hydrogen-bond donors (Lipinski definition) is 0. The molecule has 0 aromatic heterocycles. The van der Waals surface area contributed by atoms with E-state index in [1.54, 1.807) is 0 Å². The minimum atomic E-state index is -4.51. The molecule has 6 heteroatoms. The van der Waals surface area contributed by atoms with Crippen molar-refractivity contribution < 1.29 is 17.6 Å². The van der Waals surface area contributed by atoms with Crippen molar-refractivity contribution in [2.45, 2.75) is 37.9 Å². The van der Waals surface area contributed by atoms with Gasteiger partial charge in [-0.15, -0.1) is 0 Å². The van der Waals surface area contributed by atoms with Crippen LogP contribution in [0, 0.1) is 5.82 Å². The van der Waals surface area contributed by atoms with E-state index in [2.05, 4.69) is 15.9 Å². The van der Waals surface area contributed by atoms with Crippen molar-refractivity contribution in [2.75, 3.05) is 16.8 Å². The molecule has 2 rings (SSSR count). The first kappa shape index (κ1) is 15.6. The van der Waals surface area contributed by atoms with Gasteiger partial charge in [0.1, 0.15) is 5.82 Å². The molecule has 0 saturated carbocycles. The lowest BCUT2D eigenvalue weighted by molar-refractivity contribution is -0.137. The number of anilines is 1. The average molecular weight is 354 g/mol. The fraction of sp³-hybridized carbons (Fsp3) is 0.571. The van der Waals surface area contributed by atoms with Crippen molar-refractivity contribution in [2.24, 2.45) is 0 Å². The molecule has 0 aliphatic carbocycles. The van der Waals surface area contributed by atoms with Crippen LogP contribution in [0.1, 0.15) is 31.2 Å². The molecule has 1 aliphatic heterocycles. The summed E-state index contributed by atoms with van der Waals surface area (Å²) in [6.45, 7) is 0.679. The summed E-state index contributed by atoms with van der Waals surface area (Å²) in [5.74, 6) is -0.798. The number of rotatable bonds is 2. The summed E-state index contributed by atoms with van der Waals surface area (Å²) in [7, 11) is 0. The van der Waals surface area contributed by atoms with E-state index in [-0.39, 0.29) is 11.7 Å². The lowest BCUT2D eigenvalue weighted by Gasteiger charge is -2.31. The lowest BCUT2D eigenvalue weighted by Crippen LogP contribution is -2.36. The second-order valence-corrected chi connectivity index (χ2v) is 5.66. The Kier molecular flexibility index (Phi) is 4.94. The number of benzene rings is 1. The van der Waals surface area contributed by atoms with Crippen molar-refractivity contribution in [1.82, 2.24) is 0 Å². The zero-order chi connectivity index (χ0) is 14.8. The van der Waals surface area contributed by atoms with E-state index in [1.165, 1.54) is 6.07 Å². The van der Waals surface area contributed by atoms with Crippen LogP contribution in [0.5, 0.6) is 0 Å². The van der Waals surface area contributed by atoms with Gasteiger partial charge in [-0.3, -0.25) is 0 Å². The fourth-order valence-corrected chi connectivity index (χ4v) is 3.24. The van der Waals surface area contributed by atoms with Gasteiger partial charge in [0.05, 0.1) is 11.3 Å². The molecular formula is C14H16BrF4N. The Morgan fingerprint density at radius 1 is 1.20 bits per heavy atom. The first-order valence-corrected chi connectivity index (χ1v) is 7.75. The normalized spacial score (nSPS) is 20.9. The SMILES string of the molecule is Fc1cc(C(F)(F)F)ccc1N1CCCCCC1CBr. The predicted molar refractivity (Wildman–Crippen MR) is 74.8 cm³/mol. The van der Waals surface area contributed by atoms with Gasteiger partial charge in [-0.2, -0.15) is 13.2 Å². The standard InChI is InChI=1S/C14H16BrF4N/c15-9-11-4-2-1-3-7-20(11)13-6-5-10(8-12(13)16)14(17,18)19/h5-6,8,11H,1-4,7,9H2. The Bertz CT molecular complexity index is 461. The van der Waals surface area contributed by atoms with Gasteiger partial charge < -0.3 is 4.90 Å². The third-order valence-corrected chi connectivity index (χ3v) is 4.39. The molecule has 1 heterocycles. The summed E-state index contributed by atoms with van der Waals surface area (Å²) in [5, 5.41) is 0.688. The van der Waals surface area contributed by atoms with Crippen molar-refractivity contribution in [1.29, 1.82) is 0 Å². The summed E-state index contributed by atoms with van der Waals surface area (Å²) in [6.07, 6.45) is -0.514. The maximum atomic E-state index is 14.1. The zero-order valence-corrected chi connectivity index (χ0v) is 12.5. The van der Waals surface area contributed by atoms with Crippen LogP contribution >= 0.6 is 15.9 Å². The molecule has 1 aliphatic rings. The van der Waals surface area contributed by atoms with Crippen LogP contribution in [0.15, 0.2) is 18.2 Å². The van der Waals surface area contributed by atoms with Crippen LogP contribution in [0.4, 0.5) is 23.2 Å². The van der Waals surface area contributed by atoms with Gasteiger partial charge in [-0.05, 0) is 31.0 Å². The molecule has 1 aromatic carbocycles. The molecule has 1 unspecified atom stereocenters. The largest absolute Gasteiger partial charge is 0.416 e. The van der Waals surface area contributed by atoms with Crippen LogP contribution in [0.2, 0.25) is 0 Å². The minimum absolute atomic E-state index is 0.128. The summed E-state index contributed by atoms with van der Waals surface area (Å²) < 4.78 is 51.7. The van der Waals surface area contributed by atoms with Crippen molar-refractivity contribution in [3.05, 3.63) is 29.6 Å². The van der Waals surface area contributed by atoms with Crippen molar-refractivity contribution >= 4 is 21.6 Å². The molecule has 1 atom stereocenters. The van der Waals surface area contributed by atoms with Crippen LogP contribution in [0.25, 0.3) is 0 Å². The van der Waals surface area contributed by atoms with E-state index < -0.39 is 17.6 Å². The Labute approximate surface area is 124 Å². The molecular weight excluding hydrogens is 338 g/mol. The number of nitrogens with zero attached hydrogens (tertiary/aromatic N) is 1. The van der Waals surface area contributed by atoms with Gasteiger partial charge in [-0.1, -0.05) is 28.8 Å². The molecule has 0 spiro atoms. The van der Waals surface area contributed by atoms with Crippen LogP contribution in [0.3, 0.4) is 0 Å². The third-order valence-electron chi connectivity index (χ3n) is 3.64. The van der Waals surface area contributed by atoms with E-state index in [0.29, 0.717) is 17.9 Å². The number of halogens is 5. The average Bonchev–Trinajstić information content (AvgIpc) is 2.62. The molecule has 1 nitrogen and oxygen atoms in total. The summed E-state index contributed by atoms with van der Waals surface area (Å²) in [4.78, 5) is 1.89. The van der Waals surface area contributed by atoms with E-state index in [9.17, 15) is 17.6 Å². The molecule has 20 heavy (non-hydrogen) atoms. The Morgan fingerprint density at radius 3 is 2.55 bits per heavy atom. The Hall–Kier alpha value is -0.780. The second kappa shape index (κ2) is 6.33. The zero-order valence-electron chi connectivity index (χ0n) is 10.9. The molecule has 0 bridgehead atoms. The first-order valence-electron chi connectivity index (χ1n) is 6.63.